The molecule has 0 radical (unpaired) electrons. The van der Waals surface area contributed by atoms with Crippen molar-refractivity contribution in [2.45, 2.75) is 25.4 Å². The largest absolute Gasteiger partial charge is 0.478 e. The summed E-state index contributed by atoms with van der Waals surface area (Å²) in [7, 11) is 0. The molecule has 26 heavy (non-hydrogen) atoms. The van der Waals surface area contributed by atoms with Crippen LogP contribution < -0.4 is 10.6 Å². The lowest BCUT2D eigenvalue weighted by Crippen LogP contribution is -2.19. The summed E-state index contributed by atoms with van der Waals surface area (Å²) in [6.45, 7) is 0.984. The van der Waals surface area contributed by atoms with Crippen LogP contribution in [0.25, 0.3) is 21.8 Å². The number of aromatic nitrogens is 3. The van der Waals surface area contributed by atoms with Crippen LogP contribution in [0.2, 0.25) is 0 Å². The predicted octanol–water partition coefficient (Wildman–Crippen LogP) is 1.53. The van der Waals surface area contributed by atoms with E-state index in [1.807, 2.05) is 0 Å². The fourth-order valence-electron chi connectivity index (χ4n) is 2.84. The monoisotopic (exact) mass is 353 g/mol. The van der Waals surface area contributed by atoms with Crippen LogP contribution in [0.5, 0.6) is 0 Å². The van der Waals surface area contributed by atoms with Gasteiger partial charge >= 0.3 is 5.97 Å². The van der Waals surface area contributed by atoms with Crippen molar-refractivity contribution in [3.8, 4) is 0 Å². The van der Waals surface area contributed by atoms with Crippen LogP contribution in [0.4, 0.5) is 5.82 Å². The minimum absolute atomic E-state index is 0.0557. The number of carbonyl (C=O) groups is 1. The molecule has 8 nitrogen and oxygen atoms in total. The van der Waals surface area contributed by atoms with Gasteiger partial charge in [0.2, 0.25) is 0 Å². The second-order valence-corrected chi connectivity index (χ2v) is 6.36. The molecule has 8 heteroatoms. The van der Waals surface area contributed by atoms with Gasteiger partial charge in [0, 0.05) is 29.6 Å². The Balaban J connectivity index is 1.84. The number of benzene rings is 1. The van der Waals surface area contributed by atoms with Gasteiger partial charge in [-0.3, -0.25) is 0 Å². The highest BCUT2D eigenvalue weighted by Crippen LogP contribution is 2.31. The van der Waals surface area contributed by atoms with Gasteiger partial charge in [-0.15, -0.1) is 0 Å². The van der Waals surface area contributed by atoms with Gasteiger partial charge in [0.05, 0.1) is 24.2 Å². The van der Waals surface area contributed by atoms with E-state index in [0.717, 1.165) is 29.1 Å². The predicted molar refractivity (Wildman–Crippen MR) is 97.2 cm³/mol. The van der Waals surface area contributed by atoms with Crippen molar-refractivity contribution < 1.29 is 15.0 Å². The van der Waals surface area contributed by atoms with E-state index in [0.29, 0.717) is 36.3 Å². The lowest BCUT2D eigenvalue weighted by atomic mass is 10.1. The Morgan fingerprint density at radius 2 is 2.08 bits per heavy atom. The molecule has 0 amide bonds. The molecule has 0 spiro atoms. The van der Waals surface area contributed by atoms with E-state index in [-0.39, 0.29) is 12.2 Å². The average Bonchev–Trinajstić information content (AvgIpc) is 3.45. The topological polar surface area (TPSA) is 120 Å². The number of carboxylic acid groups (broad SMARTS) is 1. The number of nitrogens with one attached hydrogen (secondary N) is 2. The van der Waals surface area contributed by atoms with Crippen molar-refractivity contribution in [1.82, 2.24) is 20.3 Å². The van der Waals surface area contributed by atoms with E-state index < -0.39 is 5.97 Å². The van der Waals surface area contributed by atoms with Gasteiger partial charge in [-0.2, -0.15) is 0 Å². The van der Waals surface area contributed by atoms with Crippen LogP contribution in [0.15, 0.2) is 24.4 Å². The first kappa shape index (κ1) is 16.6. The number of rotatable bonds is 7. The maximum atomic E-state index is 11.3. The molecule has 0 unspecified atom stereocenters. The summed E-state index contributed by atoms with van der Waals surface area (Å²) in [5.74, 6) is 0.295. The standard InChI is InChI=1S/C18H19N5O3/c24-6-5-19-9-15-20-8-13-12-4-1-10(18(25)26)7-14(12)22-17(16(13)23-15)21-11-2-3-11/h1,4,7-8,11,19,24H,2-3,5-6,9H2,(H,21,22)(H,25,26). The molecule has 4 N–H and O–H groups in total. The van der Waals surface area contributed by atoms with Gasteiger partial charge in [0.25, 0.3) is 0 Å². The van der Waals surface area contributed by atoms with E-state index in [9.17, 15) is 9.90 Å². The number of aromatic carboxylic acids is 1. The number of anilines is 1. The first-order chi connectivity index (χ1) is 12.7. The van der Waals surface area contributed by atoms with Crippen molar-refractivity contribution in [2.24, 2.45) is 0 Å². The molecule has 134 valence electrons. The molecule has 2 aromatic heterocycles. The zero-order chi connectivity index (χ0) is 18.1. The average molecular weight is 353 g/mol. The summed E-state index contributed by atoms with van der Waals surface area (Å²) < 4.78 is 0. The number of aliphatic hydroxyl groups excluding tert-OH is 1. The lowest BCUT2D eigenvalue weighted by Gasteiger charge is -2.12. The number of hydrogen-bond acceptors (Lipinski definition) is 7. The van der Waals surface area contributed by atoms with Gasteiger partial charge in [0.1, 0.15) is 11.3 Å². The minimum Gasteiger partial charge on any atom is -0.478 e. The highest BCUT2D eigenvalue weighted by Gasteiger charge is 2.23. The van der Waals surface area contributed by atoms with Gasteiger partial charge in [-0.05, 0) is 25.0 Å². The Hall–Kier alpha value is -2.84. The highest BCUT2D eigenvalue weighted by atomic mass is 16.4. The number of nitrogens with zero attached hydrogens (tertiary/aromatic N) is 3. The Morgan fingerprint density at radius 3 is 2.81 bits per heavy atom. The van der Waals surface area contributed by atoms with Crippen molar-refractivity contribution in [1.29, 1.82) is 0 Å². The number of aliphatic hydroxyl groups is 1. The van der Waals surface area contributed by atoms with Crippen LogP contribution in [0, 0.1) is 0 Å². The summed E-state index contributed by atoms with van der Waals surface area (Å²) >= 11 is 0. The Kier molecular flexibility index (Phi) is 4.36. The maximum Gasteiger partial charge on any atom is 0.335 e. The molecule has 1 aromatic carbocycles. The minimum atomic E-state index is -0.980. The number of carboxylic acids is 1. The van der Waals surface area contributed by atoms with Crippen LogP contribution in [0.3, 0.4) is 0 Å². The molecule has 1 aliphatic carbocycles. The third-order valence-corrected chi connectivity index (χ3v) is 4.32. The fourth-order valence-corrected chi connectivity index (χ4v) is 2.84. The quantitative estimate of drug-likeness (QED) is 0.373. The third kappa shape index (κ3) is 3.29. The number of pyridine rings is 1. The van der Waals surface area contributed by atoms with E-state index in [1.54, 1.807) is 24.4 Å². The van der Waals surface area contributed by atoms with Gasteiger partial charge in [-0.25, -0.2) is 19.7 Å². The Bertz CT molecular complexity index is 987. The first-order valence-electron chi connectivity index (χ1n) is 8.56. The number of hydrogen-bond donors (Lipinski definition) is 4. The van der Waals surface area contributed by atoms with Gasteiger partial charge in [0.15, 0.2) is 5.82 Å². The SMILES string of the molecule is O=C(O)c1ccc2c(c1)nc(NC1CC1)c1nc(CNCCO)ncc12. The molecule has 0 aliphatic heterocycles. The molecule has 1 saturated carbocycles. The zero-order valence-corrected chi connectivity index (χ0v) is 14.1. The van der Waals surface area contributed by atoms with Crippen molar-refractivity contribution >= 4 is 33.6 Å². The number of fused-ring (bicyclic) bond motifs is 3. The summed E-state index contributed by atoms with van der Waals surface area (Å²) in [5, 5.41) is 26.2. The summed E-state index contributed by atoms with van der Waals surface area (Å²) in [6.07, 6.45) is 3.93. The molecule has 4 rings (SSSR count). The lowest BCUT2D eigenvalue weighted by molar-refractivity contribution is 0.0697. The second-order valence-electron chi connectivity index (χ2n) is 6.36. The fraction of sp³-hybridized carbons (Fsp3) is 0.333. The normalized spacial score (nSPS) is 14.0. The van der Waals surface area contributed by atoms with Crippen LogP contribution >= 0.6 is 0 Å². The summed E-state index contributed by atoms with van der Waals surface area (Å²) in [6, 6.07) is 5.28. The van der Waals surface area contributed by atoms with Crippen molar-refractivity contribution in [3.05, 3.63) is 35.8 Å². The summed E-state index contributed by atoms with van der Waals surface area (Å²) in [5.41, 5.74) is 1.53. The summed E-state index contributed by atoms with van der Waals surface area (Å²) in [4.78, 5) is 24.9. The van der Waals surface area contributed by atoms with E-state index >= 15 is 0 Å². The second kappa shape index (κ2) is 6.81. The van der Waals surface area contributed by atoms with Gasteiger partial charge < -0.3 is 20.8 Å². The van der Waals surface area contributed by atoms with E-state index in [2.05, 4.69) is 25.6 Å². The molecular weight excluding hydrogens is 334 g/mol. The Morgan fingerprint density at radius 1 is 1.23 bits per heavy atom. The smallest absolute Gasteiger partial charge is 0.335 e. The molecule has 1 aliphatic rings. The molecule has 3 aromatic rings. The van der Waals surface area contributed by atoms with E-state index in [1.165, 1.54) is 0 Å². The van der Waals surface area contributed by atoms with Crippen LogP contribution in [0.1, 0.15) is 29.0 Å². The molecule has 0 atom stereocenters. The van der Waals surface area contributed by atoms with Crippen molar-refractivity contribution in [2.75, 3.05) is 18.5 Å². The van der Waals surface area contributed by atoms with Crippen molar-refractivity contribution in [3.63, 3.8) is 0 Å². The molecular formula is C18H19N5O3. The zero-order valence-electron chi connectivity index (χ0n) is 14.1. The highest BCUT2D eigenvalue weighted by molar-refractivity contribution is 6.09. The molecule has 1 fully saturated rings. The Labute approximate surface area is 149 Å². The van der Waals surface area contributed by atoms with E-state index in [4.69, 9.17) is 5.11 Å². The maximum absolute atomic E-state index is 11.3. The molecule has 0 saturated heterocycles. The molecule has 0 bridgehead atoms. The molecule has 2 heterocycles. The van der Waals surface area contributed by atoms with Gasteiger partial charge in [-0.1, -0.05) is 6.07 Å². The van der Waals surface area contributed by atoms with Crippen LogP contribution in [-0.4, -0.2) is 50.3 Å². The van der Waals surface area contributed by atoms with Crippen LogP contribution in [-0.2, 0) is 6.54 Å². The third-order valence-electron chi connectivity index (χ3n) is 4.32. The first-order valence-corrected chi connectivity index (χ1v) is 8.56.